The lowest BCUT2D eigenvalue weighted by molar-refractivity contribution is -0.383. The highest BCUT2D eigenvalue weighted by atomic mass is 16.6. The Morgan fingerprint density at radius 1 is 1.55 bits per heavy atom. The summed E-state index contributed by atoms with van der Waals surface area (Å²) in [5, 5.41) is 21.0. The molecule has 0 aliphatic rings. The van der Waals surface area contributed by atoms with Crippen LogP contribution < -0.4 is 5.73 Å². The number of nitrogens with two attached hydrogens (primary N) is 1. The molecule has 2 aromatic rings. The molecule has 7 heteroatoms. The quantitative estimate of drug-likeness (QED) is 0.535. The Kier molecular flexibility index (Phi) is 4.57. The maximum Gasteiger partial charge on any atom is 0.306 e. The Morgan fingerprint density at radius 2 is 2.27 bits per heavy atom. The molecule has 116 valence electrons. The number of aliphatic carboxylic acids is 1. The summed E-state index contributed by atoms with van der Waals surface area (Å²) in [6.45, 7) is 3.86. The molecule has 22 heavy (non-hydrogen) atoms. The predicted molar refractivity (Wildman–Crippen MR) is 83.5 cm³/mol. The Labute approximate surface area is 126 Å². The van der Waals surface area contributed by atoms with E-state index in [1.54, 1.807) is 12.3 Å². The first-order valence-electron chi connectivity index (χ1n) is 6.81. The van der Waals surface area contributed by atoms with Gasteiger partial charge >= 0.3 is 5.97 Å². The van der Waals surface area contributed by atoms with Crippen molar-refractivity contribution in [3.63, 3.8) is 0 Å². The summed E-state index contributed by atoms with van der Waals surface area (Å²) in [4.78, 5) is 25.1. The number of carboxylic acids is 1. The van der Waals surface area contributed by atoms with Gasteiger partial charge in [-0.05, 0) is 36.6 Å². The fraction of sp³-hybridized carbons (Fsp3) is 0.267. The number of fused-ring (bicyclic) bond motifs is 1. The third-order valence-corrected chi connectivity index (χ3v) is 3.63. The number of H-pyrrole nitrogens is 1. The van der Waals surface area contributed by atoms with E-state index in [0.717, 1.165) is 0 Å². The van der Waals surface area contributed by atoms with Crippen LogP contribution in [-0.2, 0) is 11.2 Å². The number of aromatic nitrogens is 1. The van der Waals surface area contributed by atoms with Crippen molar-refractivity contribution in [2.75, 3.05) is 6.54 Å². The summed E-state index contributed by atoms with van der Waals surface area (Å²) in [5.41, 5.74) is 7.21. The fourth-order valence-electron chi connectivity index (χ4n) is 2.54. The zero-order valence-electron chi connectivity index (χ0n) is 11.9. The Morgan fingerprint density at radius 3 is 2.82 bits per heavy atom. The van der Waals surface area contributed by atoms with Gasteiger partial charge in [0, 0.05) is 12.3 Å². The number of carbonyl (C=O) groups is 1. The number of nitro benzene ring substituents is 1. The highest BCUT2D eigenvalue weighted by Crippen LogP contribution is 2.32. The number of rotatable bonds is 7. The zero-order chi connectivity index (χ0) is 16.3. The number of non-ortho nitro benzene ring substituents is 1. The van der Waals surface area contributed by atoms with Crippen molar-refractivity contribution in [3.05, 3.63) is 46.1 Å². The summed E-state index contributed by atoms with van der Waals surface area (Å²) in [6, 6.07) is 3.18. The molecule has 1 aromatic carbocycles. The lowest BCUT2D eigenvalue weighted by Crippen LogP contribution is -2.20. The van der Waals surface area contributed by atoms with Gasteiger partial charge in [0.1, 0.15) is 0 Å². The molecule has 2 rings (SSSR count). The molecule has 1 heterocycles. The van der Waals surface area contributed by atoms with Crippen molar-refractivity contribution in [1.29, 1.82) is 0 Å². The first-order chi connectivity index (χ1) is 10.5. The van der Waals surface area contributed by atoms with E-state index in [0.29, 0.717) is 28.5 Å². The van der Waals surface area contributed by atoms with Gasteiger partial charge in [0.15, 0.2) is 0 Å². The molecule has 7 nitrogen and oxygen atoms in total. The molecule has 0 radical (unpaired) electrons. The van der Waals surface area contributed by atoms with Crippen molar-refractivity contribution in [3.8, 4) is 0 Å². The van der Waals surface area contributed by atoms with Crippen molar-refractivity contribution < 1.29 is 14.8 Å². The molecule has 4 N–H and O–H groups in total. The van der Waals surface area contributed by atoms with Crippen LogP contribution in [0.4, 0.5) is 5.69 Å². The van der Waals surface area contributed by atoms with Gasteiger partial charge in [-0.2, -0.15) is 0 Å². The van der Waals surface area contributed by atoms with E-state index in [9.17, 15) is 20.0 Å². The summed E-state index contributed by atoms with van der Waals surface area (Å²) < 4.78 is 0. The van der Waals surface area contributed by atoms with Gasteiger partial charge in [-0.3, -0.25) is 14.9 Å². The lowest BCUT2D eigenvalue weighted by atomic mass is 9.95. The van der Waals surface area contributed by atoms with Crippen LogP contribution in [-0.4, -0.2) is 27.5 Å². The number of nitrogens with one attached hydrogen (secondary N) is 1. The highest BCUT2D eigenvalue weighted by molar-refractivity contribution is 5.94. The third kappa shape index (κ3) is 2.99. The molecule has 0 spiro atoms. The van der Waals surface area contributed by atoms with Crippen molar-refractivity contribution in [2.24, 2.45) is 11.7 Å². The summed E-state index contributed by atoms with van der Waals surface area (Å²) in [6.07, 6.45) is 3.67. The van der Waals surface area contributed by atoms with Gasteiger partial charge in [0.25, 0.3) is 5.69 Å². The lowest BCUT2D eigenvalue weighted by Gasteiger charge is -2.10. The Balaban J connectivity index is 2.53. The number of hydrogen-bond acceptors (Lipinski definition) is 4. The molecule has 0 bridgehead atoms. The smallest absolute Gasteiger partial charge is 0.306 e. The second-order valence-corrected chi connectivity index (χ2v) is 5.05. The van der Waals surface area contributed by atoms with E-state index in [2.05, 4.69) is 11.6 Å². The minimum atomic E-state index is -0.954. The molecule has 0 aliphatic carbocycles. The first-order valence-corrected chi connectivity index (χ1v) is 6.81. The normalized spacial score (nSPS) is 12.2. The summed E-state index contributed by atoms with van der Waals surface area (Å²) in [7, 11) is 0. The number of benzene rings is 1. The molecular weight excluding hydrogens is 286 g/mol. The number of carboxylic acid groups (broad SMARTS) is 1. The Hall–Kier alpha value is -2.67. The molecule has 0 amide bonds. The van der Waals surface area contributed by atoms with Crippen LogP contribution in [0.5, 0.6) is 0 Å². The van der Waals surface area contributed by atoms with Gasteiger partial charge in [-0.25, -0.2) is 0 Å². The number of nitro groups is 1. The monoisotopic (exact) mass is 303 g/mol. The first kappa shape index (κ1) is 15.7. The van der Waals surface area contributed by atoms with Crippen molar-refractivity contribution in [2.45, 2.75) is 12.8 Å². The molecule has 0 fully saturated rings. The maximum absolute atomic E-state index is 11.3. The maximum atomic E-state index is 11.3. The molecule has 0 aliphatic heterocycles. The van der Waals surface area contributed by atoms with E-state index in [-0.39, 0.29) is 18.7 Å². The van der Waals surface area contributed by atoms with Gasteiger partial charge in [-0.15, -0.1) is 0 Å². The van der Waals surface area contributed by atoms with E-state index in [1.807, 2.05) is 0 Å². The number of nitrogens with zero attached hydrogens (tertiary/aromatic N) is 1. The van der Waals surface area contributed by atoms with E-state index < -0.39 is 16.8 Å². The SMILES string of the molecule is C=Cc1cc([N+](=O)[O-])c2c(CC(CCN)C(=O)O)c[nH]c2c1. The fourth-order valence-corrected chi connectivity index (χ4v) is 2.54. The largest absolute Gasteiger partial charge is 0.481 e. The van der Waals surface area contributed by atoms with E-state index in [1.165, 1.54) is 12.1 Å². The predicted octanol–water partition coefficient (Wildman–Crippen LogP) is 2.31. The van der Waals surface area contributed by atoms with E-state index in [4.69, 9.17) is 5.73 Å². The van der Waals surface area contributed by atoms with E-state index >= 15 is 0 Å². The molecular formula is C15H17N3O4. The van der Waals surface area contributed by atoms with Crippen molar-refractivity contribution in [1.82, 2.24) is 4.98 Å². The Bertz CT molecular complexity index is 736. The van der Waals surface area contributed by atoms with Crippen LogP contribution in [0.15, 0.2) is 24.9 Å². The average Bonchev–Trinajstić information content (AvgIpc) is 2.88. The third-order valence-electron chi connectivity index (χ3n) is 3.63. The molecule has 1 aromatic heterocycles. The molecule has 1 unspecified atom stereocenters. The second kappa shape index (κ2) is 6.40. The van der Waals surface area contributed by atoms with Crippen LogP contribution in [0, 0.1) is 16.0 Å². The minimum absolute atomic E-state index is 0.0551. The van der Waals surface area contributed by atoms with Crippen LogP contribution in [0.3, 0.4) is 0 Å². The second-order valence-electron chi connectivity index (χ2n) is 5.05. The standard InChI is InChI=1S/C15H17N3O4/c1-2-9-5-12-14(13(6-9)18(21)22)11(8-17-12)7-10(3-4-16)15(19)20/h2,5-6,8,10,17H,1,3-4,7,16H2,(H,19,20). The molecule has 1 atom stereocenters. The molecule has 0 saturated carbocycles. The zero-order valence-corrected chi connectivity index (χ0v) is 11.9. The van der Waals surface area contributed by atoms with Crippen LogP contribution in [0.2, 0.25) is 0 Å². The summed E-state index contributed by atoms with van der Waals surface area (Å²) >= 11 is 0. The minimum Gasteiger partial charge on any atom is -0.481 e. The van der Waals surface area contributed by atoms with Crippen molar-refractivity contribution >= 4 is 28.6 Å². The van der Waals surface area contributed by atoms with Gasteiger partial charge in [-0.1, -0.05) is 12.7 Å². The van der Waals surface area contributed by atoms with Crippen LogP contribution in [0.1, 0.15) is 17.5 Å². The van der Waals surface area contributed by atoms with Gasteiger partial charge in [0.2, 0.25) is 0 Å². The topological polar surface area (TPSA) is 122 Å². The van der Waals surface area contributed by atoms with Gasteiger partial charge < -0.3 is 15.8 Å². The van der Waals surface area contributed by atoms with Gasteiger partial charge in [0.05, 0.1) is 21.7 Å². The highest BCUT2D eigenvalue weighted by Gasteiger charge is 2.23. The summed E-state index contributed by atoms with van der Waals surface area (Å²) in [5.74, 6) is -1.62. The average molecular weight is 303 g/mol. The van der Waals surface area contributed by atoms with Crippen LogP contribution >= 0.6 is 0 Å². The van der Waals surface area contributed by atoms with Crippen LogP contribution in [0.25, 0.3) is 17.0 Å². The number of aromatic amines is 1. The molecule has 0 saturated heterocycles. The number of hydrogen-bond donors (Lipinski definition) is 3.